The quantitative estimate of drug-likeness (QED) is 0.324. The smallest absolute Gasteiger partial charge is 0.335 e. The van der Waals surface area contributed by atoms with E-state index in [0.717, 1.165) is 6.29 Å². The van der Waals surface area contributed by atoms with Crippen LogP contribution in [0.15, 0.2) is 12.2 Å². The largest absolute Gasteiger partial charge is 0.358 e. The summed E-state index contributed by atoms with van der Waals surface area (Å²) in [5.41, 5.74) is 1.66. The van der Waals surface area contributed by atoms with Crippen LogP contribution >= 0.6 is 0 Å². The van der Waals surface area contributed by atoms with Gasteiger partial charge in [-0.15, -0.1) is 0 Å². The summed E-state index contributed by atoms with van der Waals surface area (Å²) in [6.07, 6.45) is 0.952. The fourth-order valence-corrected chi connectivity index (χ4v) is 0.201. The van der Waals surface area contributed by atoms with Crippen LogP contribution in [-0.2, 0) is 19.2 Å². The molecule has 1 N–H and O–H groups in total. The Balaban J connectivity index is 3.71. The van der Waals surface area contributed by atoms with E-state index in [0.29, 0.717) is 0 Å². The molecule has 0 bridgehead atoms. The summed E-state index contributed by atoms with van der Waals surface area (Å²) in [6.45, 7) is 4.64. The summed E-state index contributed by atoms with van der Waals surface area (Å²) < 4.78 is 0. The second-order valence-electron chi connectivity index (χ2n) is 1.70. The van der Waals surface area contributed by atoms with Crippen LogP contribution in [0.4, 0.5) is 0 Å². The van der Waals surface area contributed by atoms with Crippen LogP contribution in [0.2, 0.25) is 0 Å². The Labute approximate surface area is 63.0 Å². The van der Waals surface area contributed by atoms with Gasteiger partial charge in [0.05, 0.1) is 0 Å². The lowest BCUT2D eigenvalue weighted by Gasteiger charge is -1.99. The highest BCUT2D eigenvalue weighted by Gasteiger charge is 2.05. The fourth-order valence-electron chi connectivity index (χ4n) is 0.201. The van der Waals surface area contributed by atoms with Crippen molar-refractivity contribution in [1.29, 1.82) is 0 Å². The van der Waals surface area contributed by atoms with Crippen molar-refractivity contribution in [3.63, 3.8) is 0 Å². The van der Waals surface area contributed by atoms with E-state index in [9.17, 15) is 14.4 Å². The molecule has 0 aromatic rings. The second-order valence-corrected chi connectivity index (χ2v) is 1.70. The zero-order valence-electron chi connectivity index (χ0n) is 5.84. The molecule has 5 nitrogen and oxygen atoms in total. The normalized spacial score (nSPS) is 8.09. The van der Waals surface area contributed by atoms with Gasteiger partial charge < -0.3 is 4.84 Å². The molecule has 5 heteroatoms. The van der Waals surface area contributed by atoms with Gasteiger partial charge in [0.2, 0.25) is 0 Å². The van der Waals surface area contributed by atoms with Gasteiger partial charge >= 0.3 is 11.9 Å². The zero-order valence-corrected chi connectivity index (χ0v) is 5.84. The van der Waals surface area contributed by atoms with Crippen LogP contribution in [0.5, 0.6) is 0 Å². The summed E-state index contributed by atoms with van der Waals surface area (Å²) in [5.74, 6) is -1.94. The molecule has 0 aliphatic heterocycles. The molecule has 0 unspecified atom stereocenters. The lowest BCUT2D eigenvalue weighted by molar-refractivity contribution is -0.151. The molecule has 59 valence electrons. The minimum absolute atomic E-state index is 0.121. The average molecular weight is 156 g/mol. The van der Waals surface area contributed by atoms with Crippen molar-refractivity contribution in [2.24, 2.45) is 0 Å². The minimum Gasteiger partial charge on any atom is -0.335 e. The maximum atomic E-state index is 10.5. The van der Waals surface area contributed by atoms with Gasteiger partial charge in [0.25, 0.3) is 6.29 Å². The number of hydroxylamine groups is 1. The van der Waals surface area contributed by atoms with E-state index in [4.69, 9.17) is 0 Å². The van der Waals surface area contributed by atoms with Crippen molar-refractivity contribution >= 4 is 18.2 Å². The molecular formula is C6H6NO4. The van der Waals surface area contributed by atoms with Crippen molar-refractivity contribution < 1.29 is 19.2 Å². The fraction of sp³-hybridized carbons (Fsp3) is 0.167. The Kier molecular flexibility index (Phi) is 3.58. The highest BCUT2D eigenvalue weighted by Crippen LogP contribution is 1.87. The van der Waals surface area contributed by atoms with E-state index >= 15 is 0 Å². The molecular weight excluding hydrogens is 150 g/mol. The predicted molar refractivity (Wildman–Crippen MR) is 34.7 cm³/mol. The van der Waals surface area contributed by atoms with Gasteiger partial charge in [-0.3, -0.25) is 9.59 Å². The first-order valence-electron chi connectivity index (χ1n) is 2.62. The van der Waals surface area contributed by atoms with Crippen molar-refractivity contribution in [2.75, 3.05) is 0 Å². The number of hydrogen-bond donors (Lipinski definition) is 1. The van der Waals surface area contributed by atoms with Crippen molar-refractivity contribution in [3.05, 3.63) is 12.2 Å². The highest BCUT2D eigenvalue weighted by atomic mass is 16.7. The Bertz CT molecular complexity index is 209. The van der Waals surface area contributed by atoms with Gasteiger partial charge in [-0.25, -0.2) is 4.79 Å². The van der Waals surface area contributed by atoms with E-state index in [1.54, 1.807) is 5.48 Å². The first kappa shape index (κ1) is 9.35. The standard InChI is InChI=1S/C6H6NO4/c1-4(2)6(10)11-7-5(9)3-8/h1H2,2H3,(H,7,9). The summed E-state index contributed by atoms with van der Waals surface area (Å²) in [5, 5.41) is 0. The molecule has 0 aliphatic rings. The molecule has 0 heterocycles. The topological polar surface area (TPSA) is 72.5 Å². The predicted octanol–water partition coefficient (Wildman–Crippen LogP) is -0.753. The monoisotopic (exact) mass is 156 g/mol. The van der Waals surface area contributed by atoms with Crippen LogP contribution in [0.25, 0.3) is 0 Å². The van der Waals surface area contributed by atoms with Crippen LogP contribution < -0.4 is 5.48 Å². The third-order valence-corrected chi connectivity index (χ3v) is 0.678. The Hall–Kier alpha value is -1.65. The van der Waals surface area contributed by atoms with Crippen LogP contribution in [-0.4, -0.2) is 18.2 Å². The number of rotatable bonds is 2. The summed E-state index contributed by atoms with van der Waals surface area (Å²) >= 11 is 0. The Morgan fingerprint density at radius 2 is 2.09 bits per heavy atom. The number of carbonyl (C=O) groups is 2. The third-order valence-electron chi connectivity index (χ3n) is 0.678. The highest BCUT2D eigenvalue weighted by molar-refractivity contribution is 6.23. The van der Waals surface area contributed by atoms with Gasteiger partial charge in [0.15, 0.2) is 0 Å². The first-order valence-corrected chi connectivity index (χ1v) is 2.62. The molecule has 0 aromatic heterocycles. The van der Waals surface area contributed by atoms with E-state index in [2.05, 4.69) is 11.4 Å². The zero-order chi connectivity index (χ0) is 8.85. The van der Waals surface area contributed by atoms with Crippen LogP contribution in [0, 0.1) is 0 Å². The van der Waals surface area contributed by atoms with Gasteiger partial charge in [-0.2, -0.15) is 5.48 Å². The van der Waals surface area contributed by atoms with Crippen molar-refractivity contribution in [3.8, 4) is 0 Å². The molecule has 0 aromatic carbocycles. The van der Waals surface area contributed by atoms with Gasteiger partial charge in [0.1, 0.15) is 0 Å². The first-order chi connectivity index (χ1) is 5.07. The number of nitrogens with one attached hydrogen (secondary N) is 1. The molecule has 0 fully saturated rings. The Morgan fingerprint density at radius 3 is 2.45 bits per heavy atom. The minimum atomic E-state index is -1.14. The summed E-state index contributed by atoms with van der Waals surface area (Å²) in [4.78, 5) is 34.2. The molecule has 0 spiro atoms. The van der Waals surface area contributed by atoms with E-state index in [1.807, 2.05) is 0 Å². The lowest BCUT2D eigenvalue weighted by atomic mass is 10.4. The maximum absolute atomic E-state index is 10.5. The number of amides is 1. The molecule has 0 saturated carbocycles. The van der Waals surface area contributed by atoms with Gasteiger partial charge in [-0.05, 0) is 6.92 Å². The van der Waals surface area contributed by atoms with Crippen molar-refractivity contribution in [2.45, 2.75) is 6.92 Å². The lowest BCUT2D eigenvalue weighted by Crippen LogP contribution is -2.27. The Morgan fingerprint density at radius 1 is 1.55 bits per heavy atom. The molecule has 1 amide bonds. The molecule has 1 radical (unpaired) electrons. The second kappa shape index (κ2) is 4.21. The third kappa shape index (κ3) is 3.85. The van der Waals surface area contributed by atoms with Crippen molar-refractivity contribution in [1.82, 2.24) is 5.48 Å². The summed E-state index contributed by atoms with van der Waals surface area (Å²) in [7, 11) is 0. The number of carbonyl (C=O) groups excluding carboxylic acids is 3. The molecule has 0 rings (SSSR count). The van der Waals surface area contributed by atoms with Crippen LogP contribution in [0.3, 0.4) is 0 Å². The van der Waals surface area contributed by atoms with Gasteiger partial charge in [-0.1, -0.05) is 6.58 Å². The van der Waals surface area contributed by atoms with Gasteiger partial charge in [0, 0.05) is 5.57 Å². The summed E-state index contributed by atoms with van der Waals surface area (Å²) in [6, 6.07) is 0. The molecule has 0 saturated heterocycles. The van der Waals surface area contributed by atoms with Crippen LogP contribution in [0.1, 0.15) is 6.92 Å². The van der Waals surface area contributed by atoms with E-state index < -0.39 is 11.9 Å². The molecule has 11 heavy (non-hydrogen) atoms. The maximum Gasteiger partial charge on any atom is 0.358 e. The molecule has 0 aliphatic carbocycles. The number of hydrogen-bond acceptors (Lipinski definition) is 4. The van der Waals surface area contributed by atoms with E-state index in [1.165, 1.54) is 6.92 Å². The average Bonchev–Trinajstić information content (AvgIpc) is 1.99. The van der Waals surface area contributed by atoms with E-state index in [-0.39, 0.29) is 5.57 Å². The molecule has 0 atom stereocenters. The SMILES string of the molecule is C=C(C)C(=O)ONC(=O)[C]=O.